The third-order valence-corrected chi connectivity index (χ3v) is 2.58. The molecule has 0 spiro atoms. The van der Waals surface area contributed by atoms with Gasteiger partial charge in [-0.25, -0.2) is 0 Å². The Balaban J connectivity index is 2.36. The van der Waals surface area contributed by atoms with Gasteiger partial charge in [0.2, 0.25) is 0 Å². The van der Waals surface area contributed by atoms with E-state index in [-0.39, 0.29) is 6.61 Å². The Bertz CT molecular complexity index is 326. The van der Waals surface area contributed by atoms with Gasteiger partial charge in [0.1, 0.15) is 0 Å². The average molecular weight is 174 g/mol. The zero-order valence-electron chi connectivity index (χ0n) is 7.66. The van der Waals surface area contributed by atoms with Crippen molar-refractivity contribution >= 4 is 6.08 Å². The van der Waals surface area contributed by atoms with Crippen LogP contribution in [0.5, 0.6) is 0 Å². The molecule has 0 atom stereocenters. The smallest absolute Gasteiger partial charge is 0.0615 e. The molecule has 0 fully saturated rings. The van der Waals surface area contributed by atoms with E-state index in [0.29, 0.717) is 0 Å². The lowest BCUT2D eigenvalue weighted by molar-refractivity contribution is 0.343. The summed E-state index contributed by atoms with van der Waals surface area (Å²) in [5.74, 6) is 0. The quantitative estimate of drug-likeness (QED) is 0.728. The van der Waals surface area contributed by atoms with Crippen molar-refractivity contribution in [3.8, 4) is 0 Å². The number of fused-ring (bicyclic) bond motifs is 1. The summed E-state index contributed by atoms with van der Waals surface area (Å²) in [7, 11) is 0. The normalized spacial score (nSPS) is 15.2. The van der Waals surface area contributed by atoms with Crippen LogP contribution in [0.3, 0.4) is 0 Å². The fraction of sp³-hybridized carbons (Fsp3) is 0.333. The minimum absolute atomic E-state index is 0.129. The summed E-state index contributed by atoms with van der Waals surface area (Å²) in [6.07, 6.45) is 7.51. The molecule has 1 aliphatic rings. The number of aryl methyl sites for hydroxylation is 1. The molecule has 0 radical (unpaired) electrons. The van der Waals surface area contributed by atoms with E-state index in [4.69, 9.17) is 5.11 Å². The van der Waals surface area contributed by atoms with E-state index in [0.717, 1.165) is 0 Å². The van der Waals surface area contributed by atoms with Crippen LogP contribution in [0.25, 0.3) is 6.08 Å². The van der Waals surface area contributed by atoms with Crippen molar-refractivity contribution in [1.82, 2.24) is 0 Å². The molecule has 0 heterocycles. The van der Waals surface area contributed by atoms with Gasteiger partial charge in [0.05, 0.1) is 6.61 Å². The zero-order valence-corrected chi connectivity index (χ0v) is 7.66. The second-order valence-corrected chi connectivity index (χ2v) is 3.42. The fourth-order valence-corrected chi connectivity index (χ4v) is 1.99. The van der Waals surface area contributed by atoms with Crippen LogP contribution in [0.4, 0.5) is 0 Å². The van der Waals surface area contributed by atoms with E-state index in [1.807, 2.05) is 6.08 Å². The van der Waals surface area contributed by atoms with Crippen molar-refractivity contribution < 1.29 is 5.11 Å². The van der Waals surface area contributed by atoms with Crippen LogP contribution in [0, 0.1) is 0 Å². The minimum Gasteiger partial charge on any atom is -0.392 e. The zero-order chi connectivity index (χ0) is 9.10. The first-order chi connectivity index (χ1) is 6.42. The summed E-state index contributed by atoms with van der Waals surface area (Å²) in [4.78, 5) is 0. The monoisotopic (exact) mass is 174 g/mol. The largest absolute Gasteiger partial charge is 0.392 e. The predicted molar refractivity (Wildman–Crippen MR) is 54.6 cm³/mol. The van der Waals surface area contributed by atoms with Crippen molar-refractivity contribution in [2.75, 3.05) is 6.61 Å². The molecular weight excluding hydrogens is 160 g/mol. The molecule has 0 bridgehead atoms. The summed E-state index contributed by atoms with van der Waals surface area (Å²) < 4.78 is 0. The van der Waals surface area contributed by atoms with Crippen LogP contribution in [0.15, 0.2) is 24.3 Å². The van der Waals surface area contributed by atoms with Gasteiger partial charge in [-0.15, -0.1) is 0 Å². The Labute approximate surface area is 78.7 Å². The number of hydrogen-bond donors (Lipinski definition) is 1. The van der Waals surface area contributed by atoms with Crippen LogP contribution >= 0.6 is 0 Å². The number of hydrogen-bond acceptors (Lipinski definition) is 1. The van der Waals surface area contributed by atoms with E-state index < -0.39 is 0 Å². The molecule has 1 N–H and O–H groups in total. The highest BCUT2D eigenvalue weighted by molar-refractivity contribution is 5.57. The first kappa shape index (κ1) is 8.52. The van der Waals surface area contributed by atoms with E-state index in [1.165, 1.54) is 36.0 Å². The Morgan fingerprint density at radius 2 is 2.23 bits per heavy atom. The third kappa shape index (κ3) is 1.65. The lowest BCUT2D eigenvalue weighted by Gasteiger charge is -2.02. The third-order valence-electron chi connectivity index (χ3n) is 2.58. The van der Waals surface area contributed by atoms with Crippen LogP contribution in [-0.2, 0) is 12.8 Å². The maximum absolute atomic E-state index is 8.69. The molecule has 13 heavy (non-hydrogen) atoms. The van der Waals surface area contributed by atoms with Crippen LogP contribution in [-0.4, -0.2) is 11.7 Å². The van der Waals surface area contributed by atoms with Gasteiger partial charge in [-0.3, -0.25) is 0 Å². The second-order valence-electron chi connectivity index (χ2n) is 3.42. The topological polar surface area (TPSA) is 20.2 Å². The maximum Gasteiger partial charge on any atom is 0.0615 e. The Morgan fingerprint density at radius 3 is 3.08 bits per heavy atom. The standard InChI is InChI=1S/C12H14O/c13-9-3-7-11-5-1-4-10-6-2-8-12(10)11/h1,3-5,7,13H,2,6,8-9H2/b7-3+. The van der Waals surface area contributed by atoms with Crippen LogP contribution < -0.4 is 0 Å². The van der Waals surface area contributed by atoms with Crippen molar-refractivity contribution in [2.24, 2.45) is 0 Å². The number of aliphatic hydroxyl groups excluding tert-OH is 1. The summed E-state index contributed by atoms with van der Waals surface area (Å²) in [6.45, 7) is 0.129. The molecule has 0 unspecified atom stereocenters. The van der Waals surface area contributed by atoms with Gasteiger partial charge in [-0.05, 0) is 36.0 Å². The summed E-state index contributed by atoms with van der Waals surface area (Å²) in [5.41, 5.74) is 4.25. The maximum atomic E-state index is 8.69. The highest BCUT2D eigenvalue weighted by Gasteiger charge is 2.11. The summed E-state index contributed by atoms with van der Waals surface area (Å²) in [5, 5.41) is 8.69. The van der Waals surface area contributed by atoms with Gasteiger partial charge >= 0.3 is 0 Å². The Morgan fingerprint density at radius 1 is 1.31 bits per heavy atom. The average Bonchev–Trinajstić information content (AvgIpc) is 2.62. The molecule has 0 aliphatic heterocycles. The molecule has 1 heteroatoms. The summed E-state index contributed by atoms with van der Waals surface area (Å²) in [6, 6.07) is 6.43. The van der Waals surface area contributed by atoms with Gasteiger partial charge in [-0.2, -0.15) is 0 Å². The van der Waals surface area contributed by atoms with Gasteiger partial charge in [0.25, 0.3) is 0 Å². The first-order valence-corrected chi connectivity index (χ1v) is 4.80. The number of benzene rings is 1. The molecule has 0 aromatic heterocycles. The highest BCUT2D eigenvalue weighted by atomic mass is 16.2. The van der Waals surface area contributed by atoms with Crippen LogP contribution in [0.2, 0.25) is 0 Å². The molecule has 1 aromatic rings. The lowest BCUT2D eigenvalue weighted by atomic mass is 10.0. The summed E-state index contributed by atoms with van der Waals surface area (Å²) >= 11 is 0. The van der Waals surface area contributed by atoms with Crippen molar-refractivity contribution in [3.05, 3.63) is 41.0 Å². The van der Waals surface area contributed by atoms with E-state index in [2.05, 4.69) is 18.2 Å². The fourth-order valence-electron chi connectivity index (χ4n) is 1.99. The Kier molecular flexibility index (Phi) is 2.46. The van der Waals surface area contributed by atoms with Gasteiger partial charge in [-0.1, -0.05) is 30.4 Å². The molecule has 1 aromatic carbocycles. The molecule has 0 saturated heterocycles. The molecule has 2 rings (SSSR count). The molecule has 68 valence electrons. The van der Waals surface area contributed by atoms with Crippen molar-refractivity contribution in [3.63, 3.8) is 0 Å². The molecule has 0 saturated carbocycles. The van der Waals surface area contributed by atoms with E-state index >= 15 is 0 Å². The highest BCUT2D eigenvalue weighted by Crippen LogP contribution is 2.25. The molecule has 1 nitrogen and oxygen atoms in total. The molecule has 1 aliphatic carbocycles. The predicted octanol–water partition coefficient (Wildman–Crippen LogP) is 2.18. The van der Waals surface area contributed by atoms with Crippen molar-refractivity contribution in [2.45, 2.75) is 19.3 Å². The van der Waals surface area contributed by atoms with Gasteiger partial charge < -0.3 is 5.11 Å². The second kappa shape index (κ2) is 3.75. The minimum atomic E-state index is 0.129. The van der Waals surface area contributed by atoms with Gasteiger partial charge in [0, 0.05) is 0 Å². The van der Waals surface area contributed by atoms with E-state index in [9.17, 15) is 0 Å². The van der Waals surface area contributed by atoms with Gasteiger partial charge in [0.15, 0.2) is 0 Å². The van der Waals surface area contributed by atoms with E-state index in [1.54, 1.807) is 6.08 Å². The number of aliphatic hydroxyl groups is 1. The number of rotatable bonds is 2. The van der Waals surface area contributed by atoms with Crippen molar-refractivity contribution in [1.29, 1.82) is 0 Å². The van der Waals surface area contributed by atoms with Crippen LogP contribution in [0.1, 0.15) is 23.1 Å². The SMILES string of the molecule is OC/C=C/c1cccc2c1CCC2. The lowest BCUT2D eigenvalue weighted by Crippen LogP contribution is -1.86. The molecule has 0 amide bonds. The first-order valence-electron chi connectivity index (χ1n) is 4.80. The molecular formula is C12H14O. The Hall–Kier alpha value is -1.08.